The van der Waals surface area contributed by atoms with Crippen LogP contribution in [0.15, 0.2) is 36.7 Å². The largest absolute Gasteiger partial charge is 0.418 e. The first-order chi connectivity index (χ1) is 7.48. The van der Waals surface area contributed by atoms with E-state index in [9.17, 15) is 13.2 Å². The molecule has 0 amide bonds. The van der Waals surface area contributed by atoms with Crippen molar-refractivity contribution in [3.05, 3.63) is 42.2 Å². The maximum Gasteiger partial charge on any atom is 0.418 e. The molecule has 17 heavy (non-hydrogen) atoms. The first-order valence-corrected chi connectivity index (χ1v) is 4.45. The molecule has 0 aliphatic carbocycles. The number of alkyl halides is 3. The van der Waals surface area contributed by atoms with Crippen molar-refractivity contribution in [2.45, 2.75) is 6.18 Å². The van der Waals surface area contributed by atoms with Gasteiger partial charge in [-0.3, -0.25) is 0 Å². The Labute approximate surface area is 101 Å². The van der Waals surface area contributed by atoms with Crippen LogP contribution in [0.4, 0.5) is 18.9 Å². The number of rotatable bonds is 1. The van der Waals surface area contributed by atoms with Crippen LogP contribution in [0.1, 0.15) is 5.56 Å². The van der Waals surface area contributed by atoms with Crippen molar-refractivity contribution in [3.63, 3.8) is 0 Å². The van der Waals surface area contributed by atoms with Crippen molar-refractivity contribution in [1.29, 1.82) is 0 Å². The molecule has 0 aliphatic heterocycles. The van der Waals surface area contributed by atoms with E-state index in [0.717, 1.165) is 6.07 Å². The highest BCUT2D eigenvalue weighted by Crippen LogP contribution is 2.34. The topological polar surface area (TPSA) is 43.8 Å². The van der Waals surface area contributed by atoms with E-state index in [1.807, 2.05) is 0 Å². The molecule has 3 nitrogen and oxygen atoms in total. The number of anilines is 1. The minimum atomic E-state index is -4.45. The van der Waals surface area contributed by atoms with E-state index in [1.165, 1.54) is 23.0 Å². The average molecular weight is 264 g/mol. The quantitative estimate of drug-likeness (QED) is 0.804. The van der Waals surface area contributed by atoms with Gasteiger partial charge in [-0.15, -0.1) is 12.4 Å². The molecule has 1 heterocycles. The molecule has 0 fully saturated rings. The summed E-state index contributed by atoms with van der Waals surface area (Å²) in [6.07, 6.45) is -1.40. The summed E-state index contributed by atoms with van der Waals surface area (Å²) in [5.74, 6) is 0. The van der Waals surface area contributed by atoms with E-state index in [-0.39, 0.29) is 18.1 Å². The molecule has 0 unspecified atom stereocenters. The van der Waals surface area contributed by atoms with Gasteiger partial charge < -0.3 is 5.73 Å². The van der Waals surface area contributed by atoms with Crippen LogP contribution in [0.25, 0.3) is 5.69 Å². The number of nitrogens with two attached hydrogens (primary N) is 1. The summed E-state index contributed by atoms with van der Waals surface area (Å²) in [7, 11) is 0. The predicted octanol–water partition coefficient (Wildman–Crippen LogP) is 2.90. The molecule has 92 valence electrons. The first-order valence-electron chi connectivity index (χ1n) is 4.45. The molecule has 0 bridgehead atoms. The van der Waals surface area contributed by atoms with Gasteiger partial charge in [-0.05, 0) is 24.3 Å². The highest BCUT2D eigenvalue weighted by atomic mass is 35.5. The predicted molar refractivity (Wildman–Crippen MR) is 60.2 cm³/mol. The highest BCUT2D eigenvalue weighted by molar-refractivity contribution is 5.85. The normalized spacial score (nSPS) is 11.0. The van der Waals surface area contributed by atoms with Crippen LogP contribution in [0.3, 0.4) is 0 Å². The molecule has 2 rings (SSSR count). The summed E-state index contributed by atoms with van der Waals surface area (Å²) in [6, 6.07) is 5.31. The van der Waals surface area contributed by atoms with Crippen molar-refractivity contribution in [1.82, 2.24) is 9.78 Å². The summed E-state index contributed by atoms with van der Waals surface area (Å²) in [4.78, 5) is 0. The zero-order valence-electron chi connectivity index (χ0n) is 8.48. The van der Waals surface area contributed by atoms with Gasteiger partial charge in [0.05, 0.1) is 11.3 Å². The molecule has 0 saturated carbocycles. The highest BCUT2D eigenvalue weighted by Gasteiger charge is 2.33. The standard InChI is InChI=1S/C10H8F3N3.ClH/c11-10(12,13)8-6-7(2-3-9(8)14)16-5-1-4-15-16;/h1-6H,14H2;1H. The Bertz CT molecular complexity index is 494. The van der Waals surface area contributed by atoms with Gasteiger partial charge in [0.25, 0.3) is 0 Å². The number of nitrogens with zero attached hydrogens (tertiary/aromatic N) is 2. The van der Waals surface area contributed by atoms with Crippen molar-refractivity contribution < 1.29 is 13.2 Å². The maximum atomic E-state index is 12.6. The van der Waals surface area contributed by atoms with Crippen LogP contribution in [0.5, 0.6) is 0 Å². The third-order valence-electron chi connectivity index (χ3n) is 2.11. The fraction of sp³-hybridized carbons (Fsp3) is 0.100. The van der Waals surface area contributed by atoms with Crippen LogP contribution in [-0.2, 0) is 6.18 Å². The lowest BCUT2D eigenvalue weighted by atomic mass is 10.1. The smallest absolute Gasteiger partial charge is 0.398 e. The Hall–Kier alpha value is -1.69. The number of hydrogen-bond acceptors (Lipinski definition) is 2. The van der Waals surface area contributed by atoms with Gasteiger partial charge in [-0.25, -0.2) is 4.68 Å². The lowest BCUT2D eigenvalue weighted by molar-refractivity contribution is -0.136. The second-order valence-electron chi connectivity index (χ2n) is 3.22. The van der Waals surface area contributed by atoms with Crippen LogP contribution in [-0.4, -0.2) is 9.78 Å². The molecule has 2 aromatic rings. The molecule has 1 aromatic carbocycles. The zero-order valence-corrected chi connectivity index (χ0v) is 9.29. The summed E-state index contributed by atoms with van der Waals surface area (Å²) in [5, 5.41) is 3.85. The van der Waals surface area contributed by atoms with Crippen molar-refractivity contribution in [2.75, 3.05) is 5.73 Å². The van der Waals surface area contributed by atoms with E-state index < -0.39 is 11.7 Å². The summed E-state index contributed by atoms with van der Waals surface area (Å²) in [6.45, 7) is 0. The fourth-order valence-corrected chi connectivity index (χ4v) is 1.35. The van der Waals surface area contributed by atoms with Gasteiger partial charge >= 0.3 is 6.18 Å². The summed E-state index contributed by atoms with van der Waals surface area (Å²) < 4.78 is 39.0. The molecule has 0 saturated heterocycles. The van der Waals surface area contributed by atoms with Crippen molar-refractivity contribution in [2.24, 2.45) is 0 Å². The minimum absolute atomic E-state index is 0. The Balaban J connectivity index is 0.00000144. The molecule has 0 aliphatic rings. The molecule has 0 spiro atoms. The zero-order chi connectivity index (χ0) is 11.8. The fourth-order valence-electron chi connectivity index (χ4n) is 1.35. The molecule has 7 heteroatoms. The van der Waals surface area contributed by atoms with E-state index in [0.29, 0.717) is 5.69 Å². The number of nitrogen functional groups attached to an aromatic ring is 1. The summed E-state index contributed by atoms with van der Waals surface area (Å²) >= 11 is 0. The first kappa shape index (κ1) is 13.4. The van der Waals surface area contributed by atoms with Crippen molar-refractivity contribution >= 4 is 18.1 Å². The SMILES string of the molecule is Cl.Nc1ccc(-n2cccn2)cc1C(F)(F)F. The summed E-state index contributed by atoms with van der Waals surface area (Å²) in [5.41, 5.74) is 4.47. The van der Waals surface area contributed by atoms with E-state index in [2.05, 4.69) is 5.10 Å². The number of aromatic nitrogens is 2. The molecule has 0 radical (unpaired) electrons. The maximum absolute atomic E-state index is 12.6. The Morgan fingerprint density at radius 1 is 1.24 bits per heavy atom. The lowest BCUT2D eigenvalue weighted by Crippen LogP contribution is -2.10. The Kier molecular flexibility index (Phi) is 3.67. The third kappa shape index (κ3) is 2.71. The van der Waals surface area contributed by atoms with Crippen LogP contribution < -0.4 is 5.73 Å². The Morgan fingerprint density at radius 2 is 1.94 bits per heavy atom. The molecule has 0 atom stereocenters. The molecular weight excluding hydrogens is 255 g/mol. The van der Waals surface area contributed by atoms with E-state index >= 15 is 0 Å². The second-order valence-corrected chi connectivity index (χ2v) is 3.22. The van der Waals surface area contributed by atoms with Gasteiger partial charge in [0.15, 0.2) is 0 Å². The molecule has 1 aromatic heterocycles. The van der Waals surface area contributed by atoms with Gasteiger partial charge in [-0.2, -0.15) is 18.3 Å². The van der Waals surface area contributed by atoms with Crippen LogP contribution in [0.2, 0.25) is 0 Å². The van der Waals surface area contributed by atoms with Crippen LogP contribution >= 0.6 is 12.4 Å². The monoisotopic (exact) mass is 263 g/mol. The van der Waals surface area contributed by atoms with Gasteiger partial charge in [0.2, 0.25) is 0 Å². The third-order valence-corrected chi connectivity index (χ3v) is 2.11. The molecular formula is C10H9ClF3N3. The number of hydrogen-bond donors (Lipinski definition) is 1. The number of halogens is 4. The van der Waals surface area contributed by atoms with Gasteiger partial charge in [0, 0.05) is 18.1 Å². The minimum Gasteiger partial charge on any atom is -0.398 e. The Morgan fingerprint density at radius 3 is 2.47 bits per heavy atom. The lowest BCUT2D eigenvalue weighted by Gasteiger charge is -2.11. The van der Waals surface area contributed by atoms with E-state index in [4.69, 9.17) is 5.73 Å². The van der Waals surface area contributed by atoms with Gasteiger partial charge in [-0.1, -0.05) is 0 Å². The average Bonchev–Trinajstić information content (AvgIpc) is 2.69. The molecule has 2 N–H and O–H groups in total. The second kappa shape index (κ2) is 4.67. The van der Waals surface area contributed by atoms with E-state index in [1.54, 1.807) is 12.3 Å². The van der Waals surface area contributed by atoms with Crippen molar-refractivity contribution in [3.8, 4) is 5.69 Å². The van der Waals surface area contributed by atoms with Gasteiger partial charge in [0.1, 0.15) is 0 Å². The van der Waals surface area contributed by atoms with Crippen LogP contribution in [0, 0.1) is 0 Å². The number of benzene rings is 1.